The molecule has 8 N–H and O–H groups in total. The first-order chi connectivity index (χ1) is 17.0. The lowest BCUT2D eigenvalue weighted by molar-refractivity contribution is -0.122. The molecule has 11 heteroatoms. The number of carbonyl (C=O) groups excluding carboxylic acids is 3. The van der Waals surface area contributed by atoms with Crippen molar-refractivity contribution in [2.75, 3.05) is 5.73 Å². The molecule has 0 saturated heterocycles. The van der Waals surface area contributed by atoms with Crippen LogP contribution < -0.4 is 22.1 Å². The molecule has 1 aliphatic rings. The zero-order valence-corrected chi connectivity index (χ0v) is 19.7. The second-order valence-electron chi connectivity index (χ2n) is 8.42. The van der Waals surface area contributed by atoms with Crippen molar-refractivity contribution in [2.24, 2.45) is 10.7 Å². The molecule has 1 heterocycles. The maximum absolute atomic E-state index is 13.2. The molecule has 0 unspecified atom stereocenters. The smallest absolute Gasteiger partial charge is 0.335 e. The second-order valence-corrected chi connectivity index (χ2v) is 8.42. The van der Waals surface area contributed by atoms with E-state index >= 15 is 0 Å². The summed E-state index contributed by atoms with van der Waals surface area (Å²) in [5, 5.41) is 22.0. The van der Waals surface area contributed by atoms with Crippen LogP contribution in [-0.4, -0.2) is 46.4 Å². The van der Waals surface area contributed by atoms with Gasteiger partial charge in [0.1, 0.15) is 5.84 Å². The fraction of sp³-hybridized carbons (Fsp3) is 0.200. The Bertz CT molecular complexity index is 1320. The number of carbonyl (C=O) groups is 4. The van der Waals surface area contributed by atoms with Gasteiger partial charge in [0.25, 0.3) is 5.91 Å². The molecule has 0 spiro atoms. The third-order valence-corrected chi connectivity index (χ3v) is 5.22. The molecule has 0 atom stereocenters. The minimum atomic E-state index is -1.26. The number of nitrogens with two attached hydrogens (primary N) is 2. The van der Waals surface area contributed by atoms with Gasteiger partial charge in [0.15, 0.2) is 5.84 Å². The van der Waals surface area contributed by atoms with E-state index in [0.29, 0.717) is 5.56 Å². The molecule has 0 fully saturated rings. The Morgan fingerprint density at radius 3 is 2.36 bits per heavy atom. The zero-order valence-electron chi connectivity index (χ0n) is 19.7. The average Bonchev–Trinajstić information content (AvgIpc) is 2.80. The molecule has 186 valence electrons. The Balaban J connectivity index is 1.96. The number of nitrogens with one attached hydrogen (secondary N) is 3. The van der Waals surface area contributed by atoms with Crippen LogP contribution in [0, 0.1) is 5.41 Å². The van der Waals surface area contributed by atoms with E-state index in [1.165, 1.54) is 18.2 Å². The van der Waals surface area contributed by atoms with Gasteiger partial charge in [-0.15, -0.1) is 0 Å². The first-order valence-electron chi connectivity index (χ1n) is 11.0. The maximum Gasteiger partial charge on any atom is 0.335 e. The Hall–Kier alpha value is -4.80. The van der Waals surface area contributed by atoms with Crippen molar-refractivity contribution in [2.45, 2.75) is 32.9 Å². The molecule has 0 aromatic heterocycles. The normalized spacial score (nSPS) is 14.7. The fourth-order valence-electron chi connectivity index (χ4n) is 3.59. The molecule has 1 aliphatic heterocycles. The highest BCUT2D eigenvalue weighted by molar-refractivity contribution is 6.55. The highest BCUT2D eigenvalue weighted by atomic mass is 16.4. The van der Waals surface area contributed by atoms with Gasteiger partial charge in [-0.1, -0.05) is 24.3 Å². The topological polar surface area (TPSA) is 201 Å². The summed E-state index contributed by atoms with van der Waals surface area (Å²) < 4.78 is 0. The highest BCUT2D eigenvalue weighted by Crippen LogP contribution is 2.28. The number of amides is 2. The molecule has 2 aromatic carbocycles. The Morgan fingerprint density at radius 2 is 1.78 bits per heavy atom. The number of benzene rings is 2. The SMILES string of the molecule is CC(C)N=C1NC(=O)C(c2cc(N)cc(C(=O)O)c2)=C(CC(=O)NCc2ccc(C(=N)N)cc2)C1=O. The Kier molecular flexibility index (Phi) is 7.63. The van der Waals surface area contributed by atoms with Crippen LogP contribution in [0.15, 0.2) is 53.0 Å². The molecule has 2 aromatic rings. The zero-order chi connectivity index (χ0) is 26.6. The number of hydrogen-bond donors (Lipinski definition) is 6. The van der Waals surface area contributed by atoms with E-state index in [0.717, 1.165) is 5.56 Å². The summed E-state index contributed by atoms with van der Waals surface area (Å²) in [6, 6.07) is 10.2. The van der Waals surface area contributed by atoms with Gasteiger partial charge >= 0.3 is 5.97 Å². The molecule has 11 nitrogen and oxygen atoms in total. The lowest BCUT2D eigenvalue weighted by Gasteiger charge is -2.22. The van der Waals surface area contributed by atoms with Gasteiger partial charge in [0.05, 0.1) is 17.6 Å². The summed E-state index contributed by atoms with van der Waals surface area (Å²) in [5.74, 6) is -3.40. The monoisotopic (exact) mass is 490 g/mol. The lowest BCUT2D eigenvalue weighted by atomic mass is 9.89. The predicted molar refractivity (Wildman–Crippen MR) is 134 cm³/mol. The molecule has 0 radical (unpaired) electrons. The molecule has 0 aliphatic carbocycles. The van der Waals surface area contributed by atoms with Crippen molar-refractivity contribution >= 4 is 46.5 Å². The first kappa shape index (κ1) is 25.8. The second kappa shape index (κ2) is 10.6. The van der Waals surface area contributed by atoms with E-state index in [1.807, 2.05) is 0 Å². The van der Waals surface area contributed by atoms with Gasteiger partial charge in [0, 0.05) is 29.4 Å². The number of carboxylic acids is 1. The first-order valence-corrected chi connectivity index (χ1v) is 11.0. The van der Waals surface area contributed by atoms with Gasteiger partial charge in [-0.3, -0.25) is 24.8 Å². The Labute approximate surface area is 206 Å². The number of carboxylic acid groups (broad SMARTS) is 1. The third-order valence-electron chi connectivity index (χ3n) is 5.22. The van der Waals surface area contributed by atoms with Crippen LogP contribution in [0.5, 0.6) is 0 Å². The largest absolute Gasteiger partial charge is 0.478 e. The molecule has 36 heavy (non-hydrogen) atoms. The van der Waals surface area contributed by atoms with E-state index < -0.39 is 30.0 Å². The van der Waals surface area contributed by atoms with Crippen LogP contribution in [-0.2, 0) is 20.9 Å². The van der Waals surface area contributed by atoms with Gasteiger partial charge in [-0.25, -0.2) is 4.79 Å². The van der Waals surface area contributed by atoms with Gasteiger partial charge in [-0.05, 0) is 43.2 Å². The molecule has 0 bridgehead atoms. The Morgan fingerprint density at radius 1 is 1.11 bits per heavy atom. The minimum absolute atomic E-state index is 0.0781. The quantitative estimate of drug-likeness (QED) is 0.181. The highest BCUT2D eigenvalue weighted by Gasteiger charge is 2.34. The summed E-state index contributed by atoms with van der Waals surface area (Å²) in [6.45, 7) is 3.59. The van der Waals surface area contributed by atoms with Crippen LogP contribution in [0.4, 0.5) is 5.69 Å². The number of nitrogens with zero attached hydrogens (tertiary/aromatic N) is 1. The number of hydrogen-bond acceptors (Lipinski definition) is 7. The maximum atomic E-state index is 13.2. The van der Waals surface area contributed by atoms with Gasteiger partial charge < -0.3 is 27.2 Å². The third kappa shape index (κ3) is 6.00. The van der Waals surface area contributed by atoms with Crippen LogP contribution >= 0.6 is 0 Å². The van der Waals surface area contributed by atoms with Crippen molar-refractivity contribution in [1.29, 1.82) is 5.41 Å². The van der Waals surface area contributed by atoms with Crippen molar-refractivity contribution in [3.8, 4) is 0 Å². The molecule has 3 rings (SSSR count). The van der Waals surface area contributed by atoms with Crippen molar-refractivity contribution < 1.29 is 24.3 Å². The van der Waals surface area contributed by atoms with Gasteiger partial charge in [0.2, 0.25) is 11.7 Å². The molecular weight excluding hydrogens is 464 g/mol. The number of Topliss-reactive ketones (excluding diaryl/α,β-unsaturated/α-hetero) is 1. The van der Waals surface area contributed by atoms with Crippen LogP contribution in [0.25, 0.3) is 5.57 Å². The number of rotatable bonds is 8. The summed E-state index contributed by atoms with van der Waals surface area (Å²) >= 11 is 0. The van der Waals surface area contributed by atoms with Crippen molar-refractivity contribution in [3.05, 3.63) is 70.3 Å². The number of aromatic carboxylic acids is 1. The number of anilines is 1. The average molecular weight is 491 g/mol. The van der Waals surface area contributed by atoms with Crippen LogP contribution in [0.3, 0.4) is 0 Å². The van der Waals surface area contributed by atoms with E-state index in [4.69, 9.17) is 16.9 Å². The minimum Gasteiger partial charge on any atom is -0.478 e. The number of nitrogen functional groups attached to an aromatic ring is 2. The number of amidine groups is 2. The van der Waals surface area contributed by atoms with E-state index in [9.17, 15) is 24.3 Å². The molecule has 0 saturated carbocycles. The standard InChI is InChI=1S/C25H26N6O5/c1-12(2)30-23-21(33)18(10-19(32)29-11-13-3-5-14(6-4-13)22(27)28)20(24(34)31-23)15-7-16(25(35)36)9-17(26)8-15/h3-9,12H,10-11,26H2,1-2H3,(H3,27,28)(H,29,32)(H,35,36)(H,30,31,34). The molecular formula is C25H26N6O5. The molecule has 2 amide bonds. The van der Waals surface area contributed by atoms with Gasteiger partial charge in [-0.2, -0.15) is 0 Å². The predicted octanol–water partition coefficient (Wildman–Crippen LogP) is 1.22. The van der Waals surface area contributed by atoms with E-state index in [-0.39, 0.29) is 52.2 Å². The number of ketones is 1. The van der Waals surface area contributed by atoms with Crippen LogP contribution in [0.2, 0.25) is 0 Å². The van der Waals surface area contributed by atoms with Crippen molar-refractivity contribution in [3.63, 3.8) is 0 Å². The fourth-order valence-corrected chi connectivity index (χ4v) is 3.59. The van der Waals surface area contributed by atoms with E-state index in [1.54, 1.807) is 38.1 Å². The van der Waals surface area contributed by atoms with E-state index in [2.05, 4.69) is 15.6 Å². The lowest BCUT2D eigenvalue weighted by Crippen LogP contribution is -2.44. The van der Waals surface area contributed by atoms with Crippen LogP contribution in [0.1, 0.15) is 47.3 Å². The summed E-state index contributed by atoms with van der Waals surface area (Å²) in [4.78, 5) is 54.8. The summed E-state index contributed by atoms with van der Waals surface area (Å²) in [5.41, 5.74) is 12.3. The summed E-state index contributed by atoms with van der Waals surface area (Å²) in [7, 11) is 0. The van der Waals surface area contributed by atoms with Crippen molar-refractivity contribution in [1.82, 2.24) is 10.6 Å². The number of aliphatic imine (C=N–C) groups is 1. The summed E-state index contributed by atoms with van der Waals surface area (Å²) in [6.07, 6.45) is -0.443.